The SMILES string of the molecule is C=C[C@@H](C/C=C/[C@@H](CCC[C@@H](CCCCCCOCc1ccc(OC)cc1)O[Si](C)(C)C(C)(C)C)O[Si](C)(C)C(C)(C)C)O[Si](C)(C)C(C)(C)C. The maximum absolute atomic E-state index is 7.08. The molecule has 8 heteroatoms. The van der Waals surface area contributed by atoms with Crippen LogP contribution >= 0.6 is 0 Å². The number of benzene rings is 1. The number of methoxy groups -OCH3 is 1. The van der Waals surface area contributed by atoms with E-state index in [4.69, 9.17) is 22.8 Å². The van der Waals surface area contributed by atoms with Crippen molar-refractivity contribution in [1.29, 1.82) is 0 Å². The third kappa shape index (κ3) is 17.8. The summed E-state index contributed by atoms with van der Waals surface area (Å²) in [7, 11) is -4.04. The topological polar surface area (TPSA) is 46.2 Å². The molecular weight excluding hydrogens is 681 g/mol. The molecule has 0 amide bonds. The standard InChI is InChI=1S/C43H82O5Si3/c1-18-37(46-49(12,13)41(2,3)4)26-23-27-40(48-51(16,17)43(8,9)10)29-24-28-39(47-50(14,15)42(5,6)7)25-21-19-20-22-34-45-35-36-30-32-38(44-11)33-31-36/h18,23,27,30-33,37,39-40H,1,19-22,24-26,28-29,34-35H2,2-17H3/b27-23+/t37-,39+,40-/m0/s1. The number of ether oxygens (including phenoxy) is 2. The predicted molar refractivity (Wildman–Crippen MR) is 230 cm³/mol. The molecule has 0 unspecified atom stereocenters. The summed E-state index contributed by atoms with van der Waals surface area (Å²) in [6.45, 7) is 40.7. The molecule has 0 aliphatic rings. The molecule has 1 rings (SSSR count). The van der Waals surface area contributed by atoms with Gasteiger partial charge in [0.1, 0.15) is 5.75 Å². The second-order valence-corrected chi connectivity index (χ2v) is 33.5. The van der Waals surface area contributed by atoms with Gasteiger partial charge >= 0.3 is 0 Å². The molecule has 0 saturated carbocycles. The van der Waals surface area contributed by atoms with Crippen molar-refractivity contribution in [2.45, 2.75) is 199 Å². The molecule has 5 nitrogen and oxygen atoms in total. The van der Waals surface area contributed by atoms with Crippen LogP contribution < -0.4 is 4.74 Å². The Morgan fingerprint density at radius 1 is 0.627 bits per heavy atom. The monoisotopic (exact) mass is 763 g/mol. The zero-order valence-electron chi connectivity index (χ0n) is 36.3. The van der Waals surface area contributed by atoms with E-state index in [0.29, 0.717) is 6.61 Å². The summed E-state index contributed by atoms with van der Waals surface area (Å²) in [6, 6.07) is 8.13. The molecule has 0 radical (unpaired) electrons. The lowest BCUT2D eigenvalue weighted by Crippen LogP contribution is -2.44. The van der Waals surface area contributed by atoms with Gasteiger partial charge in [-0.25, -0.2) is 0 Å². The molecule has 3 atom stereocenters. The maximum Gasteiger partial charge on any atom is 0.192 e. The Bertz CT molecular complexity index is 1140. The Balaban J connectivity index is 2.85. The highest BCUT2D eigenvalue weighted by molar-refractivity contribution is 6.75. The van der Waals surface area contributed by atoms with Gasteiger partial charge in [0.05, 0.1) is 25.9 Å². The van der Waals surface area contributed by atoms with E-state index >= 15 is 0 Å². The summed E-state index contributed by atoms with van der Waals surface area (Å²) >= 11 is 0. The normalized spacial score (nSPS) is 15.6. The molecule has 0 aromatic heterocycles. The molecule has 0 aliphatic carbocycles. The minimum absolute atomic E-state index is 0.0260. The molecule has 0 saturated heterocycles. The van der Waals surface area contributed by atoms with Gasteiger partial charge in [-0.15, -0.1) is 6.58 Å². The lowest BCUT2D eigenvalue weighted by molar-refractivity contribution is 0.115. The Morgan fingerprint density at radius 2 is 1.12 bits per heavy atom. The van der Waals surface area contributed by atoms with Crippen LogP contribution in [0.25, 0.3) is 0 Å². The average molecular weight is 763 g/mol. The first-order chi connectivity index (χ1) is 23.3. The Morgan fingerprint density at radius 3 is 1.63 bits per heavy atom. The van der Waals surface area contributed by atoms with E-state index in [1.807, 2.05) is 18.2 Å². The summed E-state index contributed by atoms with van der Waals surface area (Å²) in [5, 5.41) is 0.516. The van der Waals surface area contributed by atoms with E-state index in [-0.39, 0.29) is 33.4 Å². The van der Waals surface area contributed by atoms with Gasteiger partial charge in [-0.2, -0.15) is 0 Å². The molecule has 0 bridgehead atoms. The average Bonchev–Trinajstić information content (AvgIpc) is 2.99. The Labute approximate surface area is 320 Å². The van der Waals surface area contributed by atoms with Gasteiger partial charge in [-0.3, -0.25) is 0 Å². The highest BCUT2D eigenvalue weighted by Gasteiger charge is 2.41. The van der Waals surface area contributed by atoms with Crippen molar-refractivity contribution >= 4 is 25.0 Å². The van der Waals surface area contributed by atoms with Crippen LogP contribution in [0.5, 0.6) is 5.75 Å². The first-order valence-electron chi connectivity index (χ1n) is 19.9. The third-order valence-corrected chi connectivity index (χ3v) is 25.3. The fourth-order valence-electron chi connectivity index (χ4n) is 5.11. The zero-order valence-corrected chi connectivity index (χ0v) is 39.3. The van der Waals surface area contributed by atoms with E-state index in [9.17, 15) is 0 Å². The smallest absolute Gasteiger partial charge is 0.192 e. The van der Waals surface area contributed by atoms with Crippen LogP contribution in [0.2, 0.25) is 54.4 Å². The van der Waals surface area contributed by atoms with Crippen molar-refractivity contribution in [1.82, 2.24) is 0 Å². The molecule has 1 aromatic rings. The molecule has 296 valence electrons. The van der Waals surface area contributed by atoms with Crippen molar-refractivity contribution in [3.05, 3.63) is 54.6 Å². The van der Waals surface area contributed by atoms with Gasteiger partial charge in [0, 0.05) is 12.7 Å². The van der Waals surface area contributed by atoms with E-state index in [1.165, 1.54) is 24.8 Å². The third-order valence-electron chi connectivity index (χ3n) is 11.8. The van der Waals surface area contributed by atoms with Crippen LogP contribution in [0.4, 0.5) is 0 Å². The predicted octanol–water partition coefficient (Wildman–Crippen LogP) is 13.6. The van der Waals surface area contributed by atoms with Gasteiger partial charge in [-0.1, -0.05) is 112 Å². The molecule has 1 aromatic carbocycles. The summed E-state index contributed by atoms with van der Waals surface area (Å²) in [5.74, 6) is 0.881. The highest BCUT2D eigenvalue weighted by Crippen LogP contribution is 2.40. The van der Waals surface area contributed by atoms with Crippen molar-refractivity contribution in [3.8, 4) is 5.75 Å². The van der Waals surface area contributed by atoms with Gasteiger partial charge in [0.25, 0.3) is 0 Å². The van der Waals surface area contributed by atoms with E-state index in [0.717, 1.165) is 50.9 Å². The maximum atomic E-state index is 7.08. The number of hydrogen-bond donors (Lipinski definition) is 0. The summed E-state index contributed by atoms with van der Waals surface area (Å²) in [4.78, 5) is 0. The van der Waals surface area contributed by atoms with Crippen LogP contribution in [-0.2, 0) is 24.6 Å². The van der Waals surface area contributed by atoms with Gasteiger partial charge in [0.15, 0.2) is 25.0 Å². The molecule has 0 aliphatic heterocycles. The number of hydrogen-bond acceptors (Lipinski definition) is 5. The first-order valence-corrected chi connectivity index (χ1v) is 28.6. The fraction of sp³-hybridized carbons (Fsp3) is 0.767. The molecule has 0 spiro atoms. The van der Waals surface area contributed by atoms with Crippen molar-refractivity contribution in [2.75, 3.05) is 13.7 Å². The molecule has 0 N–H and O–H groups in total. The summed E-state index contributed by atoms with van der Waals surface area (Å²) in [5.41, 5.74) is 1.19. The van der Waals surface area contributed by atoms with E-state index in [1.54, 1.807) is 7.11 Å². The van der Waals surface area contributed by atoms with Gasteiger partial charge in [-0.05, 0) is 111 Å². The van der Waals surface area contributed by atoms with E-state index in [2.05, 4.69) is 132 Å². The van der Waals surface area contributed by atoms with Crippen molar-refractivity contribution in [2.24, 2.45) is 0 Å². The quantitative estimate of drug-likeness (QED) is 0.0596. The summed E-state index contributed by atoms with van der Waals surface area (Å²) < 4.78 is 32.0. The second kappa shape index (κ2) is 21.2. The fourth-order valence-corrected chi connectivity index (χ4v) is 9.14. The minimum Gasteiger partial charge on any atom is -0.497 e. The van der Waals surface area contributed by atoms with Crippen LogP contribution in [0, 0.1) is 0 Å². The largest absolute Gasteiger partial charge is 0.497 e. The molecule has 0 fully saturated rings. The molecule has 51 heavy (non-hydrogen) atoms. The summed E-state index contributed by atoms with van der Waals surface area (Å²) in [6.07, 6.45) is 16.8. The van der Waals surface area contributed by atoms with Gasteiger partial charge < -0.3 is 22.8 Å². The highest BCUT2D eigenvalue weighted by atomic mass is 28.4. The van der Waals surface area contributed by atoms with Crippen LogP contribution in [-0.4, -0.2) is 57.0 Å². The van der Waals surface area contributed by atoms with Gasteiger partial charge in [0.2, 0.25) is 0 Å². The Hall–Kier alpha value is -1.01. The van der Waals surface area contributed by atoms with Crippen LogP contribution in [0.15, 0.2) is 49.1 Å². The molecule has 0 heterocycles. The van der Waals surface area contributed by atoms with Crippen molar-refractivity contribution in [3.63, 3.8) is 0 Å². The number of unbranched alkanes of at least 4 members (excludes halogenated alkanes) is 3. The lowest BCUT2D eigenvalue weighted by Gasteiger charge is -2.40. The van der Waals surface area contributed by atoms with E-state index < -0.39 is 25.0 Å². The van der Waals surface area contributed by atoms with Crippen LogP contribution in [0.1, 0.15) is 126 Å². The number of rotatable bonds is 24. The lowest BCUT2D eigenvalue weighted by atomic mass is 10.0. The zero-order chi connectivity index (χ0) is 39.2. The molecular formula is C43H82O5Si3. The Kier molecular flexibility index (Phi) is 19.9. The van der Waals surface area contributed by atoms with Crippen molar-refractivity contribution < 1.29 is 22.8 Å². The minimum atomic E-state index is -1.96. The second-order valence-electron chi connectivity index (χ2n) is 19.3. The van der Waals surface area contributed by atoms with Crippen LogP contribution in [0.3, 0.4) is 0 Å². The first kappa shape index (κ1) is 48.0.